The van der Waals surface area contributed by atoms with Crippen molar-refractivity contribution in [1.29, 1.82) is 0 Å². The highest BCUT2D eigenvalue weighted by Crippen LogP contribution is 2.05. The summed E-state index contributed by atoms with van der Waals surface area (Å²) in [7, 11) is 1.89. The Labute approximate surface area is 121 Å². The first-order chi connectivity index (χ1) is 9.75. The topological polar surface area (TPSA) is 41.6 Å². The van der Waals surface area contributed by atoms with Crippen molar-refractivity contribution < 1.29 is 9.53 Å². The minimum atomic E-state index is 0.174. The fourth-order valence-electron chi connectivity index (χ4n) is 2.41. The van der Waals surface area contributed by atoms with Crippen LogP contribution in [0.1, 0.15) is 18.4 Å². The lowest BCUT2D eigenvalue weighted by atomic mass is 10.1. The molecule has 1 fully saturated rings. The van der Waals surface area contributed by atoms with Gasteiger partial charge in [0.25, 0.3) is 0 Å². The van der Waals surface area contributed by atoms with Gasteiger partial charge in [-0.2, -0.15) is 0 Å². The van der Waals surface area contributed by atoms with Gasteiger partial charge in [-0.3, -0.25) is 4.79 Å². The van der Waals surface area contributed by atoms with Gasteiger partial charge in [0.2, 0.25) is 5.91 Å². The van der Waals surface area contributed by atoms with Crippen molar-refractivity contribution in [3.05, 3.63) is 35.9 Å². The average molecular weight is 276 g/mol. The zero-order valence-corrected chi connectivity index (χ0v) is 12.2. The lowest BCUT2D eigenvalue weighted by molar-refractivity contribution is -0.131. The van der Waals surface area contributed by atoms with Crippen LogP contribution in [0.3, 0.4) is 0 Å². The molecule has 1 unspecified atom stereocenters. The second-order valence-electron chi connectivity index (χ2n) is 5.33. The molecule has 0 spiro atoms. The first-order valence-corrected chi connectivity index (χ1v) is 7.35. The molecule has 2 rings (SSSR count). The Morgan fingerprint density at radius 3 is 2.90 bits per heavy atom. The van der Waals surface area contributed by atoms with Crippen LogP contribution >= 0.6 is 0 Å². The van der Waals surface area contributed by atoms with Crippen molar-refractivity contribution in [2.45, 2.75) is 25.3 Å². The maximum absolute atomic E-state index is 12.1. The van der Waals surface area contributed by atoms with Gasteiger partial charge in [-0.05, 0) is 18.4 Å². The van der Waals surface area contributed by atoms with Gasteiger partial charge >= 0.3 is 0 Å². The molecule has 1 aliphatic heterocycles. The quantitative estimate of drug-likeness (QED) is 0.855. The van der Waals surface area contributed by atoms with Crippen molar-refractivity contribution in [2.24, 2.45) is 0 Å². The molecule has 1 amide bonds. The van der Waals surface area contributed by atoms with E-state index < -0.39 is 0 Å². The lowest BCUT2D eigenvalue weighted by Crippen LogP contribution is -2.44. The number of morpholine rings is 1. The molecule has 4 heteroatoms. The number of aryl methyl sites for hydroxylation is 1. The molecule has 1 aromatic rings. The van der Waals surface area contributed by atoms with Gasteiger partial charge in [-0.15, -0.1) is 0 Å². The van der Waals surface area contributed by atoms with Gasteiger partial charge < -0.3 is 15.0 Å². The van der Waals surface area contributed by atoms with Crippen LogP contribution in [0.15, 0.2) is 30.3 Å². The van der Waals surface area contributed by atoms with Crippen molar-refractivity contribution in [3.63, 3.8) is 0 Å². The fraction of sp³-hybridized carbons (Fsp3) is 0.562. The molecule has 4 nitrogen and oxygen atoms in total. The third kappa shape index (κ3) is 4.94. The van der Waals surface area contributed by atoms with Crippen molar-refractivity contribution in [3.8, 4) is 0 Å². The van der Waals surface area contributed by atoms with E-state index in [2.05, 4.69) is 29.6 Å². The van der Waals surface area contributed by atoms with E-state index in [0.29, 0.717) is 13.0 Å². The Bertz CT molecular complexity index is 402. The first kappa shape index (κ1) is 15.0. The van der Waals surface area contributed by atoms with Gasteiger partial charge in [0.15, 0.2) is 0 Å². The Kier molecular flexibility index (Phi) is 6.02. The number of hydrogen-bond acceptors (Lipinski definition) is 3. The summed E-state index contributed by atoms with van der Waals surface area (Å²) in [5.74, 6) is 0.195. The zero-order valence-electron chi connectivity index (χ0n) is 12.2. The highest BCUT2D eigenvalue weighted by Gasteiger charge is 2.18. The van der Waals surface area contributed by atoms with Crippen molar-refractivity contribution in [2.75, 3.05) is 33.4 Å². The summed E-state index contributed by atoms with van der Waals surface area (Å²) in [6, 6.07) is 10.6. The molecule has 1 atom stereocenters. The van der Waals surface area contributed by atoms with Crippen LogP contribution < -0.4 is 5.32 Å². The Balaban J connectivity index is 1.65. The molecule has 20 heavy (non-hydrogen) atoms. The third-order valence-corrected chi connectivity index (χ3v) is 3.65. The van der Waals surface area contributed by atoms with Crippen LogP contribution in [0.2, 0.25) is 0 Å². The monoisotopic (exact) mass is 276 g/mol. The number of ether oxygens (including phenoxy) is 1. The van der Waals surface area contributed by atoms with Crippen molar-refractivity contribution in [1.82, 2.24) is 10.2 Å². The van der Waals surface area contributed by atoms with E-state index in [-0.39, 0.29) is 11.9 Å². The predicted molar refractivity (Wildman–Crippen MR) is 79.6 cm³/mol. The van der Waals surface area contributed by atoms with Crippen LogP contribution in [0, 0.1) is 0 Å². The largest absolute Gasteiger partial charge is 0.378 e. The van der Waals surface area contributed by atoms with Crippen LogP contribution in [0.25, 0.3) is 0 Å². The van der Waals surface area contributed by atoms with E-state index >= 15 is 0 Å². The molecule has 0 aromatic heterocycles. The standard InChI is InChI=1S/C16H24N2O2/c1-18(10-5-8-14-6-3-2-4-7-14)16(19)12-15-13-20-11-9-17-15/h2-4,6-7,15,17H,5,8-13H2,1H3. The highest BCUT2D eigenvalue weighted by molar-refractivity contribution is 5.76. The molecule has 0 aliphatic carbocycles. The summed E-state index contributed by atoms with van der Waals surface area (Å²) < 4.78 is 5.37. The molecular weight excluding hydrogens is 252 g/mol. The van der Waals surface area contributed by atoms with E-state index in [9.17, 15) is 4.79 Å². The average Bonchev–Trinajstić information content (AvgIpc) is 2.49. The number of amides is 1. The number of nitrogens with zero attached hydrogens (tertiary/aromatic N) is 1. The summed E-state index contributed by atoms with van der Waals surface area (Å²) in [5.41, 5.74) is 1.33. The molecule has 1 N–H and O–H groups in total. The normalized spacial score (nSPS) is 18.8. The van der Waals surface area contributed by atoms with E-state index in [1.807, 2.05) is 18.0 Å². The molecule has 1 saturated heterocycles. The zero-order chi connectivity index (χ0) is 14.2. The number of carbonyl (C=O) groups excluding carboxylic acids is 1. The number of rotatable bonds is 6. The number of benzene rings is 1. The molecular formula is C16H24N2O2. The molecule has 1 aliphatic rings. The van der Waals surface area contributed by atoms with Gasteiger partial charge in [0.1, 0.15) is 0 Å². The summed E-state index contributed by atoms with van der Waals surface area (Å²) in [6.45, 7) is 3.04. The highest BCUT2D eigenvalue weighted by atomic mass is 16.5. The smallest absolute Gasteiger partial charge is 0.223 e. The Morgan fingerprint density at radius 2 is 2.20 bits per heavy atom. The van der Waals surface area contributed by atoms with E-state index in [1.54, 1.807) is 0 Å². The Morgan fingerprint density at radius 1 is 1.40 bits per heavy atom. The van der Waals surface area contributed by atoms with Crippen LogP contribution in [-0.2, 0) is 16.0 Å². The summed E-state index contributed by atoms with van der Waals surface area (Å²) >= 11 is 0. The molecule has 1 aromatic carbocycles. The van der Waals surface area contributed by atoms with Crippen LogP contribution in [0.5, 0.6) is 0 Å². The summed E-state index contributed by atoms with van der Waals surface area (Å²) in [4.78, 5) is 13.9. The van der Waals surface area contributed by atoms with Gasteiger partial charge in [0, 0.05) is 32.6 Å². The van der Waals surface area contributed by atoms with Gasteiger partial charge in [0.05, 0.1) is 13.2 Å². The Hall–Kier alpha value is -1.39. The number of carbonyl (C=O) groups is 1. The van der Waals surface area contributed by atoms with E-state index in [0.717, 1.165) is 32.5 Å². The lowest BCUT2D eigenvalue weighted by Gasteiger charge is -2.25. The summed E-state index contributed by atoms with van der Waals surface area (Å²) in [5, 5.41) is 3.31. The van der Waals surface area contributed by atoms with E-state index in [1.165, 1.54) is 5.56 Å². The second kappa shape index (κ2) is 8.02. The maximum atomic E-state index is 12.1. The fourth-order valence-corrected chi connectivity index (χ4v) is 2.41. The summed E-state index contributed by atoms with van der Waals surface area (Å²) in [6.07, 6.45) is 2.55. The predicted octanol–water partition coefficient (Wildman–Crippen LogP) is 1.46. The van der Waals surface area contributed by atoms with E-state index in [4.69, 9.17) is 4.74 Å². The minimum Gasteiger partial charge on any atom is -0.378 e. The SMILES string of the molecule is CN(CCCc1ccccc1)C(=O)CC1COCCN1. The molecule has 0 radical (unpaired) electrons. The first-order valence-electron chi connectivity index (χ1n) is 7.35. The molecule has 0 saturated carbocycles. The van der Waals surface area contributed by atoms with Crippen molar-refractivity contribution >= 4 is 5.91 Å². The van der Waals surface area contributed by atoms with Crippen LogP contribution in [-0.4, -0.2) is 50.2 Å². The van der Waals surface area contributed by atoms with Gasteiger partial charge in [-0.1, -0.05) is 30.3 Å². The second-order valence-corrected chi connectivity index (χ2v) is 5.33. The molecule has 110 valence electrons. The third-order valence-electron chi connectivity index (χ3n) is 3.65. The number of nitrogens with one attached hydrogen (secondary N) is 1. The molecule has 0 bridgehead atoms. The minimum absolute atomic E-state index is 0.174. The van der Waals surface area contributed by atoms with Gasteiger partial charge in [-0.25, -0.2) is 0 Å². The van der Waals surface area contributed by atoms with Crippen LogP contribution in [0.4, 0.5) is 0 Å². The number of hydrogen-bond donors (Lipinski definition) is 1. The maximum Gasteiger partial charge on any atom is 0.223 e. The molecule has 1 heterocycles.